The number of hydrogen-bond acceptors (Lipinski definition) is 0. The summed E-state index contributed by atoms with van der Waals surface area (Å²) in [7, 11) is 0. The average molecular weight is 747 g/mol. The molecule has 0 radical (unpaired) electrons. The molecule has 9 aromatic carbocycles. The fraction of sp³-hybridized carbons (Fsp3) is 0. The molecular weight excluding hydrogens is 691 g/mol. The van der Waals surface area contributed by atoms with Gasteiger partial charge in [-0.15, -0.1) is 0 Å². The first-order chi connectivity index (χ1) is 37.1. The van der Waals surface area contributed by atoms with E-state index in [2.05, 4.69) is 0 Å². The Hall–Kier alpha value is -7.62. The molecule has 0 aliphatic rings. The van der Waals surface area contributed by atoms with Gasteiger partial charge in [0.2, 0.25) is 0 Å². The highest BCUT2D eigenvalue weighted by molar-refractivity contribution is 6.17. The van der Waals surface area contributed by atoms with Gasteiger partial charge >= 0.3 is 0 Å². The van der Waals surface area contributed by atoms with Crippen molar-refractivity contribution in [2.24, 2.45) is 0 Å². The number of fused-ring (bicyclic) bond motifs is 9. The van der Waals surface area contributed by atoms with Crippen molar-refractivity contribution in [3.05, 3.63) is 212 Å². The molecule has 0 saturated carbocycles. The molecule has 0 bridgehead atoms. The van der Waals surface area contributed by atoms with Gasteiger partial charge in [0.15, 0.2) is 0 Å². The highest BCUT2D eigenvalue weighted by atomic mass is 15.0. The molecule has 0 fully saturated rings. The van der Waals surface area contributed by atoms with Crippen LogP contribution in [0.5, 0.6) is 0 Å². The first-order valence-corrected chi connectivity index (χ1v) is 17.9. The number of para-hydroxylation sites is 4. The van der Waals surface area contributed by atoms with E-state index in [0.717, 1.165) is 10.1 Å². The van der Waals surface area contributed by atoms with Crippen molar-refractivity contribution in [1.82, 2.24) is 13.7 Å². The van der Waals surface area contributed by atoms with Crippen LogP contribution in [0.1, 0.15) is 28.8 Å². The van der Waals surface area contributed by atoms with Gasteiger partial charge in [0.25, 0.3) is 0 Å². The molecule has 0 aliphatic heterocycles. The van der Waals surface area contributed by atoms with Crippen LogP contribution in [-0.2, 0) is 0 Å². The van der Waals surface area contributed by atoms with Crippen molar-refractivity contribution in [2.45, 2.75) is 0 Å². The van der Waals surface area contributed by atoms with Gasteiger partial charge < -0.3 is 13.7 Å². The smallest absolute Gasteiger partial charge is 0.0645 e. The normalized spacial score (nSPS) is 17.0. The maximum atomic E-state index is 10.1. The van der Waals surface area contributed by atoms with Crippen LogP contribution >= 0.6 is 0 Å². The first kappa shape index (κ1) is 17.5. The first-order valence-electron chi connectivity index (χ1n) is 28.4. The summed E-state index contributed by atoms with van der Waals surface area (Å²) >= 11 is 0. The molecule has 0 unspecified atom stereocenters. The minimum absolute atomic E-state index is 0.142. The van der Waals surface area contributed by atoms with Crippen LogP contribution < -0.4 is 0 Å². The summed E-state index contributed by atoms with van der Waals surface area (Å²) in [6.45, 7) is 0. The maximum absolute atomic E-state index is 10.1. The standard InChI is InChI=1S/C54H35N3/c1-3-15-36(16-4-1)37-17-13-20-41(33-37)56-47-24-10-7-21-42(47)45-34-38(29-31-50(45)56)39-30-32-51-46(35-39)43-22-8-11-25-48(43)57(51)53-28-14-27-52-54(53)44-23-9-12-26-49(44)55(52)40-18-5-2-6-19-40/h1-35H/i7D,8D,9D,10D,11D,12D,14D,21D,22D,23D,24D,25D,26D,27D,28D,29D,30D,31D,32D,34D,35D. The Balaban J connectivity index is 1.27. The van der Waals surface area contributed by atoms with Crippen molar-refractivity contribution in [3.63, 3.8) is 0 Å². The van der Waals surface area contributed by atoms with Gasteiger partial charge in [-0.05, 0) is 101 Å². The third-order valence-electron chi connectivity index (χ3n) is 10.2. The maximum Gasteiger partial charge on any atom is 0.0645 e. The summed E-state index contributed by atoms with van der Waals surface area (Å²) in [4.78, 5) is 0. The van der Waals surface area contributed by atoms with Gasteiger partial charge in [0.1, 0.15) is 0 Å². The van der Waals surface area contributed by atoms with Gasteiger partial charge in [-0.25, -0.2) is 0 Å². The number of benzene rings is 9. The number of hydrogen-bond donors (Lipinski definition) is 0. The summed E-state index contributed by atoms with van der Waals surface area (Å²) in [5.41, 5.74) is -1.38. The molecule has 0 atom stereocenters. The molecule has 3 heterocycles. The van der Waals surface area contributed by atoms with Crippen molar-refractivity contribution in [3.8, 4) is 39.3 Å². The van der Waals surface area contributed by atoms with E-state index in [1.54, 1.807) is 48.5 Å². The molecule has 266 valence electrons. The van der Waals surface area contributed by atoms with Crippen LogP contribution in [0.15, 0.2) is 212 Å². The number of nitrogens with zero attached hydrogens (tertiary/aromatic N) is 3. The second-order valence-electron chi connectivity index (χ2n) is 13.3. The van der Waals surface area contributed by atoms with Crippen LogP contribution in [0.2, 0.25) is 0 Å². The zero-order valence-electron chi connectivity index (χ0n) is 50.4. The Labute approximate surface area is 359 Å². The SMILES string of the molecule is [2H]c1c([2H])c([2H])c2c(c1[2H])c1c([2H])c(-c3c([2H])c([2H])c4c(c3[2H])c3c([2H])c([2H])c([2H])c([2H])c3n4-c3c([2H])c([2H])c([2H])c4c3c3c([2H])c([2H])c([2H])c([2H])c3n4-c3ccccc3)c([2H])c([2H])c1n2-c1cccc(-c2ccccc2)c1. The molecular formula is C54H35N3. The van der Waals surface area contributed by atoms with Crippen molar-refractivity contribution in [1.29, 1.82) is 0 Å². The van der Waals surface area contributed by atoms with Crippen LogP contribution in [-0.4, -0.2) is 13.7 Å². The summed E-state index contributed by atoms with van der Waals surface area (Å²) in [5.74, 6) is 0. The third kappa shape index (κ3) is 4.79. The van der Waals surface area contributed by atoms with E-state index < -0.39 is 166 Å². The van der Waals surface area contributed by atoms with Crippen LogP contribution in [0, 0.1) is 0 Å². The van der Waals surface area contributed by atoms with E-state index in [1.807, 2.05) is 36.4 Å². The lowest BCUT2D eigenvalue weighted by atomic mass is 10.0. The molecule has 12 aromatic rings. The van der Waals surface area contributed by atoms with Crippen LogP contribution in [0.25, 0.3) is 105 Å². The van der Waals surface area contributed by atoms with Crippen LogP contribution in [0.4, 0.5) is 0 Å². The second kappa shape index (κ2) is 12.5. The Morgan fingerprint density at radius 1 is 0.316 bits per heavy atom. The molecule has 0 amide bonds. The Kier molecular flexibility index (Phi) is 3.81. The van der Waals surface area contributed by atoms with Crippen molar-refractivity contribution in [2.75, 3.05) is 0 Å². The van der Waals surface area contributed by atoms with E-state index in [9.17, 15) is 20.6 Å². The van der Waals surface area contributed by atoms with E-state index in [-0.39, 0.29) is 49.3 Å². The number of aromatic nitrogens is 3. The lowest BCUT2D eigenvalue weighted by Gasteiger charge is -2.12. The molecule has 0 N–H and O–H groups in total. The lowest BCUT2D eigenvalue weighted by molar-refractivity contribution is 1.17. The number of rotatable bonds is 5. The molecule has 0 aliphatic carbocycles. The highest BCUT2D eigenvalue weighted by Crippen LogP contribution is 2.42. The van der Waals surface area contributed by atoms with Gasteiger partial charge in [-0.2, -0.15) is 0 Å². The monoisotopic (exact) mass is 746 g/mol. The lowest BCUT2D eigenvalue weighted by Crippen LogP contribution is -1.96. The minimum atomic E-state index is -0.881. The minimum Gasteiger partial charge on any atom is -0.309 e. The highest BCUT2D eigenvalue weighted by Gasteiger charge is 2.20. The fourth-order valence-electron chi connectivity index (χ4n) is 7.78. The molecule has 0 saturated heterocycles. The predicted octanol–water partition coefficient (Wildman–Crippen LogP) is 14.3. The van der Waals surface area contributed by atoms with Crippen LogP contribution in [0.3, 0.4) is 0 Å². The van der Waals surface area contributed by atoms with E-state index >= 15 is 0 Å². The molecule has 12 rings (SSSR count). The second-order valence-corrected chi connectivity index (χ2v) is 13.3. The topological polar surface area (TPSA) is 14.8 Å². The van der Waals surface area contributed by atoms with E-state index in [4.69, 9.17) is 8.22 Å². The van der Waals surface area contributed by atoms with Gasteiger partial charge in [0.05, 0.1) is 67.6 Å². The summed E-state index contributed by atoms with van der Waals surface area (Å²) in [6.07, 6.45) is 0. The molecule has 0 spiro atoms. The summed E-state index contributed by atoms with van der Waals surface area (Å²) < 4.78 is 200. The Morgan fingerprint density at radius 2 is 0.807 bits per heavy atom. The van der Waals surface area contributed by atoms with E-state index in [0.29, 0.717) is 11.3 Å². The van der Waals surface area contributed by atoms with Gasteiger partial charge in [0, 0.05) is 43.7 Å². The molecule has 57 heavy (non-hydrogen) atoms. The average Bonchev–Trinajstić information content (AvgIpc) is 3.56. The zero-order chi connectivity index (χ0) is 55.7. The molecule has 3 aromatic heterocycles. The fourth-order valence-corrected chi connectivity index (χ4v) is 7.78. The van der Waals surface area contributed by atoms with Gasteiger partial charge in [-0.1, -0.05) is 133 Å². The largest absolute Gasteiger partial charge is 0.309 e. The zero-order valence-corrected chi connectivity index (χ0v) is 29.4. The Bertz CT molecular complexity index is 4740. The van der Waals surface area contributed by atoms with Gasteiger partial charge in [-0.3, -0.25) is 0 Å². The quantitative estimate of drug-likeness (QED) is 0.167. The summed E-state index contributed by atoms with van der Waals surface area (Å²) in [6, 6.07) is 9.35. The Morgan fingerprint density at radius 3 is 1.49 bits per heavy atom. The summed E-state index contributed by atoms with van der Waals surface area (Å²) in [5, 5.41) is -1.92. The van der Waals surface area contributed by atoms with Crippen molar-refractivity contribution < 1.29 is 28.8 Å². The third-order valence-corrected chi connectivity index (χ3v) is 10.2. The van der Waals surface area contributed by atoms with E-state index in [1.165, 1.54) is 9.13 Å². The molecule has 3 heteroatoms. The van der Waals surface area contributed by atoms with Crippen molar-refractivity contribution >= 4 is 65.4 Å². The molecule has 3 nitrogen and oxygen atoms in total. The predicted molar refractivity (Wildman–Crippen MR) is 240 cm³/mol.